The van der Waals surface area contributed by atoms with Gasteiger partial charge < -0.3 is 9.64 Å². The molecule has 1 aliphatic heterocycles. The van der Waals surface area contributed by atoms with E-state index in [1.54, 1.807) is 4.90 Å². The van der Waals surface area contributed by atoms with Gasteiger partial charge in [-0.3, -0.25) is 9.69 Å². The van der Waals surface area contributed by atoms with Crippen LogP contribution in [0.1, 0.15) is 24.4 Å². The number of nitrogens with zero attached hydrogens (tertiary/aromatic N) is 2. The average molecular weight is 348 g/mol. The number of terminal acetylenes is 1. The average Bonchev–Trinajstić information content (AvgIpc) is 3.21. The molecule has 0 aromatic heterocycles. The highest BCUT2D eigenvalue weighted by molar-refractivity contribution is 5.97. The molecule has 26 heavy (non-hydrogen) atoms. The highest BCUT2D eigenvalue weighted by Crippen LogP contribution is 2.29. The highest BCUT2D eigenvalue weighted by Gasteiger charge is 2.32. The molecule has 1 fully saturated rings. The van der Waals surface area contributed by atoms with Crippen LogP contribution in [0.4, 0.5) is 5.69 Å². The largest absolute Gasteiger partial charge is 0.481 e. The van der Waals surface area contributed by atoms with E-state index < -0.39 is 0 Å². The molecular formula is C22H24N2O2. The fraction of sp³-hybridized carbons (Fsp3) is 0.318. The van der Waals surface area contributed by atoms with Crippen molar-refractivity contribution in [2.75, 3.05) is 31.6 Å². The number of carbonyl (C=O) groups is 1. The molecule has 2 aromatic carbocycles. The van der Waals surface area contributed by atoms with Crippen molar-refractivity contribution in [2.24, 2.45) is 0 Å². The number of likely N-dealkylation sites (tertiary alicyclic amines) is 1. The smallest absolute Gasteiger partial charge is 0.248 e. The van der Waals surface area contributed by atoms with E-state index in [1.165, 1.54) is 0 Å². The van der Waals surface area contributed by atoms with E-state index in [1.807, 2.05) is 61.6 Å². The summed E-state index contributed by atoms with van der Waals surface area (Å²) in [4.78, 5) is 17.3. The molecule has 0 spiro atoms. The zero-order chi connectivity index (χ0) is 18.4. The Hall–Kier alpha value is -2.77. The molecule has 0 bridgehead atoms. The number of likely N-dealkylation sites (N-methyl/N-ethyl adjacent to an activating group) is 1. The lowest BCUT2D eigenvalue weighted by Gasteiger charge is -2.31. The second-order valence-electron chi connectivity index (χ2n) is 6.44. The monoisotopic (exact) mass is 348 g/mol. The van der Waals surface area contributed by atoms with E-state index in [0.29, 0.717) is 5.75 Å². The third-order valence-corrected chi connectivity index (χ3v) is 4.73. The van der Waals surface area contributed by atoms with Crippen molar-refractivity contribution in [3.63, 3.8) is 0 Å². The van der Waals surface area contributed by atoms with Crippen LogP contribution in [-0.2, 0) is 4.79 Å². The Balaban J connectivity index is 1.80. The van der Waals surface area contributed by atoms with Gasteiger partial charge in [-0.1, -0.05) is 36.3 Å². The van der Waals surface area contributed by atoms with Gasteiger partial charge in [-0.25, -0.2) is 0 Å². The molecule has 4 nitrogen and oxygen atoms in total. The lowest BCUT2D eigenvalue weighted by molar-refractivity contribution is -0.123. The quantitative estimate of drug-likeness (QED) is 0.749. The van der Waals surface area contributed by atoms with Crippen molar-refractivity contribution < 1.29 is 9.53 Å². The number of ether oxygens (including phenoxy) is 1. The van der Waals surface area contributed by atoms with Crippen LogP contribution in [0.3, 0.4) is 0 Å². The van der Waals surface area contributed by atoms with E-state index in [2.05, 4.69) is 10.8 Å². The molecular weight excluding hydrogens is 324 g/mol. The maximum atomic E-state index is 13.3. The second kappa shape index (κ2) is 8.55. The van der Waals surface area contributed by atoms with Gasteiger partial charge in [0.2, 0.25) is 5.91 Å². The van der Waals surface area contributed by atoms with Crippen LogP contribution in [0.15, 0.2) is 54.6 Å². The third-order valence-electron chi connectivity index (χ3n) is 4.73. The normalized spacial score (nSPS) is 15.2. The predicted octanol–water partition coefficient (Wildman–Crippen LogP) is 3.50. The number of carbonyl (C=O) groups excluding carboxylic acids is 1. The summed E-state index contributed by atoms with van der Waals surface area (Å²) in [7, 11) is 1.83. The summed E-state index contributed by atoms with van der Waals surface area (Å²) in [6.07, 6.45) is 7.49. The van der Waals surface area contributed by atoms with Gasteiger partial charge in [0, 0.05) is 12.7 Å². The Morgan fingerprint density at radius 3 is 2.42 bits per heavy atom. The van der Waals surface area contributed by atoms with Crippen LogP contribution in [0.25, 0.3) is 0 Å². The summed E-state index contributed by atoms with van der Waals surface area (Å²) < 4.78 is 5.40. The second-order valence-corrected chi connectivity index (χ2v) is 6.44. The minimum Gasteiger partial charge on any atom is -0.481 e. The van der Waals surface area contributed by atoms with E-state index in [-0.39, 0.29) is 18.6 Å². The topological polar surface area (TPSA) is 32.8 Å². The van der Waals surface area contributed by atoms with E-state index in [4.69, 9.17) is 11.2 Å². The number of rotatable bonds is 6. The summed E-state index contributed by atoms with van der Waals surface area (Å²) in [6, 6.07) is 17.2. The van der Waals surface area contributed by atoms with Crippen molar-refractivity contribution in [3.8, 4) is 18.1 Å². The zero-order valence-corrected chi connectivity index (χ0v) is 15.1. The molecule has 0 saturated carbocycles. The molecule has 0 radical (unpaired) electrons. The van der Waals surface area contributed by atoms with E-state index >= 15 is 0 Å². The molecule has 1 atom stereocenters. The van der Waals surface area contributed by atoms with Crippen LogP contribution in [0, 0.1) is 12.3 Å². The van der Waals surface area contributed by atoms with Crippen molar-refractivity contribution in [3.05, 3.63) is 60.2 Å². The molecule has 0 aliphatic carbocycles. The first-order chi connectivity index (χ1) is 12.7. The van der Waals surface area contributed by atoms with Gasteiger partial charge in [0.1, 0.15) is 18.4 Å². The minimum absolute atomic E-state index is 0.0791. The fourth-order valence-corrected chi connectivity index (χ4v) is 3.35. The van der Waals surface area contributed by atoms with Gasteiger partial charge in [0.05, 0.1) is 0 Å². The van der Waals surface area contributed by atoms with Crippen LogP contribution in [0.2, 0.25) is 0 Å². The number of hydrogen-bond acceptors (Lipinski definition) is 3. The molecule has 1 unspecified atom stereocenters. The molecule has 0 N–H and O–H groups in total. The Bertz CT molecular complexity index is 759. The Labute approximate surface area is 155 Å². The molecule has 1 heterocycles. The molecule has 3 rings (SSSR count). The Morgan fingerprint density at radius 1 is 1.15 bits per heavy atom. The third kappa shape index (κ3) is 4.07. The lowest BCUT2D eigenvalue weighted by Crippen LogP contribution is -2.40. The van der Waals surface area contributed by atoms with Crippen LogP contribution < -0.4 is 9.64 Å². The summed E-state index contributed by atoms with van der Waals surface area (Å²) >= 11 is 0. The maximum absolute atomic E-state index is 13.3. The highest BCUT2D eigenvalue weighted by atomic mass is 16.5. The van der Waals surface area contributed by atoms with E-state index in [0.717, 1.165) is 37.2 Å². The van der Waals surface area contributed by atoms with Gasteiger partial charge in [-0.15, -0.1) is 6.42 Å². The standard InChI is InChI=1S/C22H24N2O2/c1-3-17-26-20-13-11-19(12-14-20)23(2)22(25)21(24-15-7-8-16-24)18-9-5-4-6-10-18/h1,4-6,9-14,21H,7-8,15-17H2,2H3. The lowest BCUT2D eigenvalue weighted by atomic mass is 10.0. The molecule has 4 heteroatoms. The fourth-order valence-electron chi connectivity index (χ4n) is 3.35. The Morgan fingerprint density at radius 2 is 1.81 bits per heavy atom. The summed E-state index contributed by atoms with van der Waals surface area (Å²) in [5, 5.41) is 0. The number of hydrogen-bond donors (Lipinski definition) is 0. The van der Waals surface area contributed by atoms with Crippen molar-refractivity contribution >= 4 is 11.6 Å². The maximum Gasteiger partial charge on any atom is 0.248 e. The summed E-state index contributed by atoms with van der Waals surface area (Å²) in [5.41, 5.74) is 1.88. The molecule has 1 aliphatic rings. The Kier molecular flexibility index (Phi) is 5.93. The van der Waals surface area contributed by atoms with Crippen LogP contribution >= 0.6 is 0 Å². The van der Waals surface area contributed by atoms with E-state index in [9.17, 15) is 4.79 Å². The first-order valence-electron chi connectivity index (χ1n) is 8.93. The van der Waals surface area contributed by atoms with Gasteiger partial charge in [-0.2, -0.15) is 0 Å². The molecule has 134 valence electrons. The van der Waals surface area contributed by atoms with Crippen LogP contribution in [-0.4, -0.2) is 37.6 Å². The number of benzene rings is 2. The first-order valence-corrected chi connectivity index (χ1v) is 8.93. The molecule has 1 saturated heterocycles. The molecule has 2 aromatic rings. The number of anilines is 1. The molecule has 1 amide bonds. The summed E-state index contributed by atoms with van der Waals surface area (Å²) in [5.74, 6) is 3.22. The van der Waals surface area contributed by atoms with Gasteiger partial charge in [0.15, 0.2) is 0 Å². The van der Waals surface area contributed by atoms with Gasteiger partial charge in [0.25, 0.3) is 0 Å². The van der Waals surface area contributed by atoms with Gasteiger partial charge in [-0.05, 0) is 55.8 Å². The SMILES string of the molecule is C#CCOc1ccc(N(C)C(=O)C(c2ccccc2)N2CCCC2)cc1. The minimum atomic E-state index is -0.249. The summed E-state index contributed by atoms with van der Waals surface area (Å²) in [6.45, 7) is 2.15. The van der Waals surface area contributed by atoms with Crippen molar-refractivity contribution in [2.45, 2.75) is 18.9 Å². The predicted molar refractivity (Wildman–Crippen MR) is 104 cm³/mol. The van der Waals surface area contributed by atoms with Crippen molar-refractivity contribution in [1.29, 1.82) is 0 Å². The zero-order valence-electron chi connectivity index (χ0n) is 15.1. The number of amides is 1. The first kappa shape index (κ1) is 18.0. The van der Waals surface area contributed by atoms with Crippen LogP contribution in [0.5, 0.6) is 5.75 Å². The van der Waals surface area contributed by atoms with Gasteiger partial charge >= 0.3 is 0 Å². The van der Waals surface area contributed by atoms with Crippen molar-refractivity contribution in [1.82, 2.24) is 4.90 Å².